The maximum atomic E-state index is 12.8. The van der Waals surface area contributed by atoms with Crippen LogP contribution in [-0.2, 0) is 0 Å². The Labute approximate surface area is 127 Å². The average Bonchev–Trinajstić information content (AvgIpc) is 2.43. The van der Waals surface area contributed by atoms with Crippen molar-refractivity contribution < 1.29 is 13.7 Å². The summed E-state index contributed by atoms with van der Waals surface area (Å²) in [6, 6.07) is 5.76. The van der Waals surface area contributed by atoms with Crippen molar-refractivity contribution in [3.05, 3.63) is 42.7 Å². The van der Waals surface area contributed by atoms with E-state index >= 15 is 0 Å². The Morgan fingerprint density at radius 1 is 1.24 bits per heavy atom. The summed E-state index contributed by atoms with van der Waals surface area (Å²) >= 11 is 0. The Kier molecular flexibility index (Phi) is 4.82. The molecule has 0 saturated carbocycles. The molecule has 114 valence electrons. The van der Waals surface area contributed by atoms with Gasteiger partial charge in [0.1, 0.15) is 5.82 Å². The van der Waals surface area contributed by atoms with Crippen molar-refractivity contribution in [2.24, 2.45) is 5.41 Å². The van der Waals surface area contributed by atoms with Crippen LogP contribution in [0.25, 0.3) is 0 Å². The van der Waals surface area contributed by atoms with E-state index in [-0.39, 0.29) is 11.6 Å². The van der Waals surface area contributed by atoms with Gasteiger partial charge in [-0.05, 0) is 29.7 Å². The number of hydrogen-bond donors (Lipinski definition) is 0. The van der Waals surface area contributed by atoms with E-state index in [9.17, 15) is 9.18 Å². The zero-order chi connectivity index (χ0) is 15.5. The number of likely N-dealkylation sites (tertiary alicyclic amines) is 1. The van der Waals surface area contributed by atoms with Crippen LogP contribution in [-0.4, -0.2) is 29.9 Å². The third-order valence-electron chi connectivity index (χ3n) is 4.64. The van der Waals surface area contributed by atoms with Gasteiger partial charge >= 0.3 is 0 Å². The Morgan fingerprint density at radius 3 is 2.38 bits per heavy atom. The number of halogens is 1. The SMILES string of the molecule is [CH][N+]1(CCCC(=O)c2ccc(F)cc2)CCC(C)(C)CC1. The molecule has 1 aromatic carbocycles. The standard InChI is InChI=1S/C18H25FNO/c1-18(2)10-13-20(3,14-11-18)12-4-5-17(21)15-6-8-16(19)9-7-15/h3,6-9H,4-5,10-14H2,1-2H3/q+1. The molecule has 0 N–H and O–H groups in total. The second-order valence-electron chi connectivity index (χ2n) is 7.09. The number of carbonyl (C=O) groups is 1. The first-order chi connectivity index (χ1) is 9.80. The normalized spacial score (nSPS) is 20.2. The van der Waals surface area contributed by atoms with Crippen LogP contribution in [0, 0.1) is 18.3 Å². The molecule has 0 amide bonds. The molecule has 1 saturated heterocycles. The largest absolute Gasteiger partial charge is 0.311 e. The highest BCUT2D eigenvalue weighted by Gasteiger charge is 2.34. The van der Waals surface area contributed by atoms with E-state index in [1.165, 1.54) is 12.1 Å². The van der Waals surface area contributed by atoms with Crippen molar-refractivity contribution >= 4 is 5.78 Å². The van der Waals surface area contributed by atoms with E-state index in [0.717, 1.165) is 38.9 Å². The van der Waals surface area contributed by atoms with Gasteiger partial charge in [-0.15, -0.1) is 0 Å². The third kappa shape index (κ3) is 4.63. The Balaban J connectivity index is 1.79. The molecule has 0 unspecified atom stereocenters. The predicted octanol–water partition coefficient (Wildman–Crippen LogP) is 4.09. The summed E-state index contributed by atoms with van der Waals surface area (Å²) < 4.78 is 13.4. The van der Waals surface area contributed by atoms with Crippen LogP contribution in [0.4, 0.5) is 4.39 Å². The summed E-state index contributed by atoms with van der Waals surface area (Å²) in [5.74, 6) is -0.243. The fourth-order valence-electron chi connectivity index (χ4n) is 2.85. The number of piperidine rings is 1. The van der Waals surface area contributed by atoms with Crippen molar-refractivity contribution in [1.82, 2.24) is 0 Å². The van der Waals surface area contributed by atoms with Gasteiger partial charge in [0, 0.05) is 31.2 Å². The molecule has 21 heavy (non-hydrogen) atoms. The van der Waals surface area contributed by atoms with Crippen molar-refractivity contribution in [2.75, 3.05) is 19.6 Å². The fraction of sp³-hybridized carbons (Fsp3) is 0.556. The molecule has 2 nitrogen and oxygen atoms in total. The molecule has 0 atom stereocenters. The van der Waals surface area contributed by atoms with Crippen LogP contribution in [0.3, 0.4) is 0 Å². The van der Waals surface area contributed by atoms with Gasteiger partial charge in [-0.25, -0.2) is 4.39 Å². The number of benzene rings is 1. The Morgan fingerprint density at radius 2 is 1.81 bits per heavy atom. The van der Waals surface area contributed by atoms with Gasteiger partial charge in [-0.1, -0.05) is 13.8 Å². The van der Waals surface area contributed by atoms with Gasteiger partial charge in [-0.2, -0.15) is 0 Å². The highest BCUT2D eigenvalue weighted by Crippen LogP contribution is 2.33. The van der Waals surface area contributed by atoms with E-state index in [2.05, 4.69) is 13.8 Å². The first kappa shape index (κ1) is 16.2. The lowest BCUT2D eigenvalue weighted by atomic mass is 9.81. The van der Waals surface area contributed by atoms with Crippen LogP contribution in [0.2, 0.25) is 0 Å². The summed E-state index contributed by atoms with van der Waals surface area (Å²) in [6.07, 6.45) is 3.53. The molecular formula is C18H25FNO+. The summed E-state index contributed by atoms with van der Waals surface area (Å²) in [5, 5.41) is 0. The van der Waals surface area contributed by atoms with Crippen molar-refractivity contribution in [1.29, 1.82) is 0 Å². The first-order valence-corrected chi connectivity index (χ1v) is 7.73. The summed E-state index contributed by atoms with van der Waals surface area (Å²) in [4.78, 5) is 12.0. The quantitative estimate of drug-likeness (QED) is 0.589. The lowest BCUT2D eigenvalue weighted by Gasteiger charge is -2.42. The maximum absolute atomic E-state index is 12.8. The van der Waals surface area contributed by atoms with Gasteiger partial charge in [0.25, 0.3) is 0 Å². The molecule has 0 aliphatic carbocycles. The van der Waals surface area contributed by atoms with Crippen LogP contribution in [0.15, 0.2) is 24.3 Å². The molecule has 0 aromatic heterocycles. The smallest absolute Gasteiger partial charge is 0.206 e. The van der Waals surface area contributed by atoms with E-state index in [1.54, 1.807) is 12.1 Å². The number of nitrogens with zero attached hydrogens (tertiary/aromatic N) is 1. The van der Waals surface area contributed by atoms with Gasteiger partial charge in [0.15, 0.2) is 5.78 Å². The van der Waals surface area contributed by atoms with Crippen LogP contribution in [0.5, 0.6) is 0 Å². The van der Waals surface area contributed by atoms with E-state index in [1.807, 2.05) is 0 Å². The lowest BCUT2D eigenvalue weighted by Crippen LogP contribution is -2.50. The summed E-state index contributed by atoms with van der Waals surface area (Å²) in [6.45, 7) is 7.38. The van der Waals surface area contributed by atoms with E-state index in [0.29, 0.717) is 21.9 Å². The number of hydrogen-bond acceptors (Lipinski definition) is 1. The molecule has 0 bridgehead atoms. The summed E-state index contributed by atoms with van der Waals surface area (Å²) in [5.41, 5.74) is 0.977. The molecule has 1 fully saturated rings. The number of quaternary nitrogens is 1. The second-order valence-corrected chi connectivity index (χ2v) is 7.09. The van der Waals surface area contributed by atoms with Crippen LogP contribution in [0.1, 0.15) is 49.9 Å². The topological polar surface area (TPSA) is 17.1 Å². The van der Waals surface area contributed by atoms with Crippen molar-refractivity contribution in [3.63, 3.8) is 0 Å². The zero-order valence-electron chi connectivity index (χ0n) is 13.1. The molecular weight excluding hydrogens is 265 g/mol. The Bertz CT molecular complexity index is 482. The fourth-order valence-corrected chi connectivity index (χ4v) is 2.85. The highest BCUT2D eigenvalue weighted by molar-refractivity contribution is 5.95. The monoisotopic (exact) mass is 290 g/mol. The molecule has 1 aliphatic rings. The minimum Gasteiger partial charge on any atom is -0.311 e. The highest BCUT2D eigenvalue weighted by atomic mass is 19.1. The molecule has 2 radical (unpaired) electrons. The average molecular weight is 290 g/mol. The lowest BCUT2D eigenvalue weighted by molar-refractivity contribution is -0.893. The number of carbonyl (C=O) groups excluding carboxylic acids is 1. The predicted molar refractivity (Wildman–Crippen MR) is 82.1 cm³/mol. The Hall–Kier alpha value is -1.22. The minimum atomic E-state index is -0.311. The van der Waals surface area contributed by atoms with E-state index in [4.69, 9.17) is 7.05 Å². The first-order valence-electron chi connectivity index (χ1n) is 7.73. The third-order valence-corrected chi connectivity index (χ3v) is 4.64. The number of Topliss-reactive ketones (excluding diaryl/α,β-unsaturated/α-hetero) is 1. The van der Waals surface area contributed by atoms with Crippen molar-refractivity contribution in [3.8, 4) is 0 Å². The van der Waals surface area contributed by atoms with Gasteiger partial charge in [0.05, 0.1) is 19.6 Å². The molecule has 3 heteroatoms. The van der Waals surface area contributed by atoms with E-state index < -0.39 is 0 Å². The molecule has 0 spiro atoms. The molecule has 1 heterocycles. The second kappa shape index (κ2) is 6.27. The van der Waals surface area contributed by atoms with Gasteiger partial charge in [0.2, 0.25) is 7.05 Å². The van der Waals surface area contributed by atoms with Gasteiger partial charge in [-0.3, -0.25) is 4.79 Å². The molecule has 2 rings (SSSR count). The minimum absolute atomic E-state index is 0.0685. The number of rotatable bonds is 5. The maximum Gasteiger partial charge on any atom is 0.206 e. The van der Waals surface area contributed by atoms with Crippen LogP contribution >= 0.6 is 0 Å². The van der Waals surface area contributed by atoms with Crippen LogP contribution < -0.4 is 0 Å². The summed E-state index contributed by atoms with van der Waals surface area (Å²) in [7, 11) is 6.40. The zero-order valence-corrected chi connectivity index (χ0v) is 13.1. The van der Waals surface area contributed by atoms with Gasteiger partial charge < -0.3 is 4.48 Å². The molecule has 1 aromatic rings. The number of ketones is 1. The molecule has 1 aliphatic heterocycles. The van der Waals surface area contributed by atoms with Crippen molar-refractivity contribution in [2.45, 2.75) is 39.5 Å².